The zero-order chi connectivity index (χ0) is 19.1. The lowest BCUT2D eigenvalue weighted by Crippen LogP contribution is -2.42. The molecule has 1 atom stereocenters. The molecule has 0 radical (unpaired) electrons. The van der Waals surface area contributed by atoms with Gasteiger partial charge < -0.3 is 5.32 Å². The summed E-state index contributed by atoms with van der Waals surface area (Å²) < 4.78 is 63.0. The van der Waals surface area contributed by atoms with Gasteiger partial charge in [-0.3, -0.25) is 9.59 Å². The number of benzene rings is 1. The van der Waals surface area contributed by atoms with Crippen molar-refractivity contribution < 1.29 is 31.2 Å². The second-order valence-corrected chi connectivity index (χ2v) is 8.25. The van der Waals surface area contributed by atoms with Crippen LogP contribution in [0.2, 0.25) is 0 Å². The van der Waals surface area contributed by atoms with E-state index in [9.17, 15) is 31.2 Å². The van der Waals surface area contributed by atoms with Crippen LogP contribution >= 0.6 is 0 Å². The molecule has 0 aliphatic carbocycles. The highest BCUT2D eigenvalue weighted by Crippen LogP contribution is 2.23. The molecular formula is C15H14F3N3O4S. The lowest BCUT2D eigenvalue weighted by Gasteiger charge is -2.27. The zero-order valence-corrected chi connectivity index (χ0v) is 14.2. The van der Waals surface area contributed by atoms with Gasteiger partial charge in [-0.2, -0.15) is 5.10 Å². The van der Waals surface area contributed by atoms with E-state index in [1.54, 1.807) is 0 Å². The summed E-state index contributed by atoms with van der Waals surface area (Å²) in [7, 11) is -3.26. The van der Waals surface area contributed by atoms with Crippen LogP contribution < -0.4 is 5.32 Å². The molecular weight excluding hydrogens is 375 g/mol. The van der Waals surface area contributed by atoms with Gasteiger partial charge in [-0.1, -0.05) is 0 Å². The average molecular weight is 389 g/mol. The molecule has 1 N–H and O–H groups in total. The number of hydrogen-bond acceptors (Lipinski definition) is 5. The molecule has 2 heterocycles. The maximum absolute atomic E-state index is 13.7. The molecule has 0 spiro atoms. The molecule has 1 fully saturated rings. The highest BCUT2D eigenvalue weighted by molar-refractivity contribution is 7.91. The van der Waals surface area contributed by atoms with Crippen molar-refractivity contribution in [2.45, 2.75) is 25.3 Å². The third-order valence-electron chi connectivity index (χ3n) is 4.16. The molecule has 0 bridgehead atoms. The Labute approximate surface area is 146 Å². The zero-order valence-electron chi connectivity index (χ0n) is 13.3. The topological polar surface area (TPSA) is 95.9 Å². The van der Waals surface area contributed by atoms with Crippen molar-refractivity contribution in [3.63, 3.8) is 0 Å². The summed E-state index contributed by atoms with van der Waals surface area (Å²) in [5.74, 6) is -6.27. The van der Waals surface area contributed by atoms with Gasteiger partial charge in [0.1, 0.15) is 5.71 Å². The predicted molar refractivity (Wildman–Crippen MR) is 85.5 cm³/mol. The van der Waals surface area contributed by atoms with Crippen LogP contribution in [0.4, 0.5) is 18.9 Å². The molecule has 0 saturated carbocycles. The first-order valence-electron chi connectivity index (χ1n) is 7.73. The van der Waals surface area contributed by atoms with Crippen molar-refractivity contribution in [1.82, 2.24) is 5.01 Å². The number of carbonyl (C=O) groups is 2. The summed E-state index contributed by atoms with van der Waals surface area (Å²) in [6, 6.07) is 0.868. The van der Waals surface area contributed by atoms with Crippen LogP contribution in [-0.4, -0.2) is 48.5 Å². The minimum absolute atomic E-state index is 0.0358. The number of hydrazone groups is 1. The quantitative estimate of drug-likeness (QED) is 0.786. The van der Waals surface area contributed by atoms with Gasteiger partial charge in [0.15, 0.2) is 27.3 Å². The van der Waals surface area contributed by atoms with Crippen molar-refractivity contribution >= 4 is 33.1 Å². The fourth-order valence-electron chi connectivity index (χ4n) is 2.81. The summed E-state index contributed by atoms with van der Waals surface area (Å²) in [6.07, 6.45) is 0.110. The van der Waals surface area contributed by atoms with Crippen molar-refractivity contribution in [2.75, 3.05) is 16.8 Å². The molecule has 1 saturated heterocycles. The van der Waals surface area contributed by atoms with Gasteiger partial charge in [0.25, 0.3) is 5.91 Å². The smallest absolute Gasteiger partial charge is 0.271 e. The van der Waals surface area contributed by atoms with E-state index in [0.717, 1.165) is 11.1 Å². The second kappa shape index (κ2) is 6.71. The van der Waals surface area contributed by atoms with E-state index in [0.29, 0.717) is 6.07 Å². The molecule has 7 nitrogen and oxygen atoms in total. The van der Waals surface area contributed by atoms with Crippen LogP contribution in [0.15, 0.2) is 17.2 Å². The first kappa shape index (κ1) is 18.4. The van der Waals surface area contributed by atoms with Crippen LogP contribution in [0.3, 0.4) is 0 Å². The summed E-state index contributed by atoms with van der Waals surface area (Å²) in [6.45, 7) is 0. The maximum atomic E-state index is 13.7. The molecule has 1 aromatic carbocycles. The van der Waals surface area contributed by atoms with Crippen molar-refractivity contribution in [3.05, 3.63) is 29.6 Å². The number of anilines is 1. The number of rotatable bonds is 3. The van der Waals surface area contributed by atoms with Gasteiger partial charge in [0.2, 0.25) is 5.91 Å². The fraction of sp³-hybridized carbons (Fsp3) is 0.400. The average Bonchev–Trinajstić information content (AvgIpc) is 2.95. The first-order chi connectivity index (χ1) is 12.2. The van der Waals surface area contributed by atoms with Gasteiger partial charge >= 0.3 is 0 Å². The normalized spacial score (nSPS) is 22.3. The fourth-order valence-corrected chi connectivity index (χ4v) is 4.50. The van der Waals surface area contributed by atoms with E-state index in [-0.39, 0.29) is 36.5 Å². The Hall–Kier alpha value is -2.43. The number of halogens is 3. The van der Waals surface area contributed by atoms with Gasteiger partial charge in [-0.15, -0.1) is 0 Å². The number of sulfone groups is 1. The van der Waals surface area contributed by atoms with E-state index in [1.807, 2.05) is 0 Å². The minimum Gasteiger partial charge on any atom is -0.318 e. The number of nitrogens with one attached hydrogen (secondary N) is 1. The molecule has 2 aliphatic heterocycles. The van der Waals surface area contributed by atoms with Gasteiger partial charge in [0, 0.05) is 12.8 Å². The SMILES string of the molecule is O=C(Nc1ccc(F)c(F)c1F)C1=NN(C2CCS(=O)(=O)C2)C(=O)CC1. The standard InChI is InChI=1S/C15H14F3N3O4S/c16-9-1-2-10(14(18)13(9)17)19-15(23)11-3-4-12(22)21(20-11)8-5-6-26(24,25)7-8/h1-2,8H,3-7H2,(H,19,23). The van der Waals surface area contributed by atoms with Gasteiger partial charge in [-0.05, 0) is 18.6 Å². The molecule has 2 aliphatic rings. The van der Waals surface area contributed by atoms with Crippen LogP contribution in [0.5, 0.6) is 0 Å². The van der Waals surface area contributed by atoms with Crippen molar-refractivity contribution in [2.24, 2.45) is 5.10 Å². The highest BCUT2D eigenvalue weighted by Gasteiger charge is 2.37. The van der Waals surface area contributed by atoms with Crippen molar-refractivity contribution in [1.29, 1.82) is 0 Å². The third-order valence-corrected chi connectivity index (χ3v) is 5.91. The molecule has 1 aromatic rings. The van der Waals surface area contributed by atoms with Crippen LogP contribution in [-0.2, 0) is 19.4 Å². The summed E-state index contributed by atoms with van der Waals surface area (Å²) in [4.78, 5) is 24.2. The van der Waals surface area contributed by atoms with Gasteiger partial charge in [-0.25, -0.2) is 26.6 Å². The largest absolute Gasteiger partial charge is 0.318 e. The molecule has 2 amide bonds. The number of hydrogen-bond donors (Lipinski definition) is 1. The molecule has 1 unspecified atom stereocenters. The third kappa shape index (κ3) is 3.57. The van der Waals surface area contributed by atoms with E-state index >= 15 is 0 Å². The highest BCUT2D eigenvalue weighted by atomic mass is 32.2. The first-order valence-corrected chi connectivity index (χ1v) is 9.55. The predicted octanol–water partition coefficient (Wildman–Crippen LogP) is 1.21. The molecule has 26 heavy (non-hydrogen) atoms. The lowest BCUT2D eigenvalue weighted by molar-refractivity contribution is -0.133. The monoisotopic (exact) mass is 389 g/mol. The van der Waals surface area contributed by atoms with Crippen LogP contribution in [0.1, 0.15) is 19.3 Å². The summed E-state index contributed by atoms with van der Waals surface area (Å²) in [5, 5.41) is 6.97. The Morgan fingerprint density at radius 1 is 1.19 bits per heavy atom. The second-order valence-electron chi connectivity index (χ2n) is 6.02. The Morgan fingerprint density at radius 3 is 2.58 bits per heavy atom. The minimum atomic E-state index is -3.26. The van der Waals surface area contributed by atoms with E-state index in [1.165, 1.54) is 0 Å². The number of nitrogens with zero attached hydrogens (tertiary/aromatic N) is 2. The maximum Gasteiger partial charge on any atom is 0.271 e. The lowest BCUT2D eigenvalue weighted by atomic mass is 10.1. The molecule has 3 rings (SSSR count). The van der Waals surface area contributed by atoms with E-state index in [2.05, 4.69) is 10.4 Å². The molecule has 11 heteroatoms. The Morgan fingerprint density at radius 2 is 1.92 bits per heavy atom. The van der Waals surface area contributed by atoms with Gasteiger partial charge in [0.05, 0.1) is 23.2 Å². The molecule has 140 valence electrons. The van der Waals surface area contributed by atoms with Crippen molar-refractivity contribution in [3.8, 4) is 0 Å². The van der Waals surface area contributed by atoms with Crippen LogP contribution in [0, 0.1) is 17.5 Å². The number of amides is 2. The Balaban J connectivity index is 1.80. The van der Waals surface area contributed by atoms with Crippen LogP contribution in [0.25, 0.3) is 0 Å². The number of carbonyl (C=O) groups excluding carboxylic acids is 2. The van der Waals surface area contributed by atoms with E-state index in [4.69, 9.17) is 0 Å². The summed E-state index contributed by atoms with van der Waals surface area (Å²) >= 11 is 0. The molecule has 0 aromatic heterocycles. The van der Waals surface area contributed by atoms with E-state index < -0.39 is 50.8 Å². The summed E-state index contributed by atoms with van der Waals surface area (Å²) in [5.41, 5.74) is -0.693. The Bertz CT molecular complexity index is 917. The Kier molecular flexibility index (Phi) is 4.74.